The smallest absolute Gasteiger partial charge is 0.257 e. The van der Waals surface area contributed by atoms with Gasteiger partial charge in [-0.3, -0.25) is 4.79 Å². The van der Waals surface area contributed by atoms with E-state index in [1.807, 2.05) is 13.0 Å². The lowest BCUT2D eigenvalue weighted by Crippen LogP contribution is -2.10. The van der Waals surface area contributed by atoms with Crippen LogP contribution in [0.25, 0.3) is 0 Å². The molecule has 1 aliphatic heterocycles. The molecule has 1 atom stereocenters. The number of aliphatic hydroxyl groups excluding tert-OH is 1. The minimum absolute atomic E-state index is 0.340. The lowest BCUT2D eigenvalue weighted by molar-refractivity contribution is -0.123. The van der Waals surface area contributed by atoms with Crippen molar-refractivity contribution in [2.24, 2.45) is 0 Å². The normalized spacial score (nSPS) is 19.4. The first-order valence-corrected chi connectivity index (χ1v) is 5.24. The fourth-order valence-electron chi connectivity index (χ4n) is 1.67. The Balaban J connectivity index is 2.61. The maximum atomic E-state index is 11.2. The molecule has 1 unspecified atom stereocenters. The molecule has 0 bridgehead atoms. The van der Waals surface area contributed by atoms with E-state index >= 15 is 0 Å². The third kappa shape index (κ3) is 1.35. The molecule has 14 heavy (non-hydrogen) atoms. The first kappa shape index (κ1) is 9.68. The summed E-state index contributed by atoms with van der Waals surface area (Å²) < 4.78 is 0.892. The van der Waals surface area contributed by atoms with Gasteiger partial charge in [-0.1, -0.05) is 22.9 Å². The van der Waals surface area contributed by atoms with Crippen LogP contribution in [0.2, 0.25) is 0 Å². The maximum absolute atomic E-state index is 11.2. The topological polar surface area (TPSA) is 49.3 Å². The van der Waals surface area contributed by atoms with Crippen molar-refractivity contribution in [3.63, 3.8) is 0 Å². The molecule has 0 fully saturated rings. The molecule has 74 valence electrons. The number of carbonyl (C=O) groups is 1. The van der Waals surface area contributed by atoms with Gasteiger partial charge >= 0.3 is 0 Å². The Kier molecular flexibility index (Phi) is 2.33. The number of nitrogens with one attached hydrogen (secondary N) is 1. The van der Waals surface area contributed by atoms with Gasteiger partial charge in [0.1, 0.15) is 0 Å². The summed E-state index contributed by atoms with van der Waals surface area (Å²) in [5.74, 6) is -0.340. The Bertz CT molecular complexity index is 403. The molecule has 2 rings (SSSR count). The number of hydrogen-bond acceptors (Lipinski definition) is 2. The predicted molar refractivity (Wildman–Crippen MR) is 57.1 cm³/mol. The summed E-state index contributed by atoms with van der Waals surface area (Å²) in [7, 11) is 0. The summed E-state index contributed by atoms with van der Waals surface area (Å²) in [5.41, 5.74) is 2.48. The number of aliphatic hydroxyl groups is 1. The van der Waals surface area contributed by atoms with Crippen molar-refractivity contribution in [3.8, 4) is 0 Å². The van der Waals surface area contributed by atoms with Crippen LogP contribution in [0.15, 0.2) is 16.6 Å². The van der Waals surface area contributed by atoms with Gasteiger partial charge in [0, 0.05) is 10.0 Å². The van der Waals surface area contributed by atoms with Crippen LogP contribution < -0.4 is 5.32 Å². The second-order valence-electron chi connectivity index (χ2n) is 3.27. The molecule has 1 heterocycles. The predicted octanol–water partition coefficient (Wildman–Crippen LogP) is 2.00. The van der Waals surface area contributed by atoms with Crippen molar-refractivity contribution in [2.45, 2.75) is 19.4 Å². The number of amides is 1. The molecule has 0 saturated carbocycles. The van der Waals surface area contributed by atoms with E-state index < -0.39 is 6.10 Å². The fourth-order valence-corrected chi connectivity index (χ4v) is 2.19. The molecule has 1 amide bonds. The van der Waals surface area contributed by atoms with E-state index in [0.717, 1.165) is 22.1 Å². The highest BCUT2D eigenvalue weighted by atomic mass is 79.9. The Morgan fingerprint density at radius 1 is 1.57 bits per heavy atom. The third-order valence-corrected chi connectivity index (χ3v) is 2.85. The molecule has 3 nitrogen and oxygen atoms in total. The van der Waals surface area contributed by atoms with Crippen LogP contribution in [-0.2, 0) is 11.2 Å². The highest BCUT2D eigenvalue weighted by Crippen LogP contribution is 2.36. The molecule has 4 heteroatoms. The number of anilines is 1. The number of benzene rings is 1. The molecule has 1 aromatic rings. The Labute approximate surface area is 90.3 Å². The number of rotatable bonds is 1. The van der Waals surface area contributed by atoms with Crippen LogP contribution in [0, 0.1) is 0 Å². The van der Waals surface area contributed by atoms with Crippen LogP contribution in [-0.4, -0.2) is 11.0 Å². The summed E-state index contributed by atoms with van der Waals surface area (Å²) in [6, 6.07) is 3.73. The first-order valence-electron chi connectivity index (χ1n) is 4.44. The largest absolute Gasteiger partial charge is 0.378 e. The van der Waals surface area contributed by atoms with E-state index in [1.54, 1.807) is 6.07 Å². The number of fused-ring (bicyclic) bond motifs is 1. The maximum Gasteiger partial charge on any atom is 0.257 e. The lowest BCUT2D eigenvalue weighted by atomic mass is 10.0. The molecule has 2 N–H and O–H groups in total. The number of halogens is 1. The minimum Gasteiger partial charge on any atom is -0.378 e. The standard InChI is InChI=1S/C10H10BrNO2/c1-2-5-3-6(11)4-7-8(5)12-10(14)9(7)13/h3-4,9,13H,2H2,1H3,(H,12,14). The summed E-state index contributed by atoms with van der Waals surface area (Å²) >= 11 is 3.35. The van der Waals surface area contributed by atoms with Crippen molar-refractivity contribution in [1.29, 1.82) is 0 Å². The molecule has 0 aromatic heterocycles. The molecule has 1 aromatic carbocycles. The highest BCUT2D eigenvalue weighted by Gasteiger charge is 2.30. The van der Waals surface area contributed by atoms with E-state index in [0.29, 0.717) is 5.56 Å². The van der Waals surface area contributed by atoms with Gasteiger partial charge in [-0.2, -0.15) is 0 Å². The van der Waals surface area contributed by atoms with E-state index in [1.165, 1.54) is 0 Å². The lowest BCUT2D eigenvalue weighted by Gasteiger charge is -2.06. The van der Waals surface area contributed by atoms with Gasteiger partial charge in [0.05, 0.1) is 5.69 Å². The molecule has 0 spiro atoms. The molecule has 0 saturated heterocycles. The van der Waals surface area contributed by atoms with Gasteiger partial charge in [0.25, 0.3) is 5.91 Å². The van der Waals surface area contributed by atoms with Crippen molar-refractivity contribution >= 4 is 27.5 Å². The SMILES string of the molecule is CCc1cc(Br)cc2c1NC(=O)C2O. The van der Waals surface area contributed by atoms with Crippen LogP contribution >= 0.6 is 15.9 Å². The van der Waals surface area contributed by atoms with Gasteiger partial charge in [-0.25, -0.2) is 0 Å². The quantitative estimate of drug-likeness (QED) is 0.807. The van der Waals surface area contributed by atoms with Gasteiger partial charge in [0.2, 0.25) is 0 Å². The average Bonchev–Trinajstić information content (AvgIpc) is 2.43. The van der Waals surface area contributed by atoms with Crippen LogP contribution in [0.1, 0.15) is 24.2 Å². The molecule has 0 radical (unpaired) electrons. The zero-order valence-electron chi connectivity index (χ0n) is 7.67. The van der Waals surface area contributed by atoms with E-state index in [-0.39, 0.29) is 5.91 Å². The summed E-state index contributed by atoms with van der Waals surface area (Å²) in [5, 5.41) is 12.2. The van der Waals surface area contributed by atoms with E-state index in [2.05, 4.69) is 21.2 Å². The molecule has 1 aliphatic rings. The summed E-state index contributed by atoms with van der Waals surface area (Å²) in [6.07, 6.45) is -0.192. The van der Waals surface area contributed by atoms with E-state index in [9.17, 15) is 9.90 Å². The number of hydrogen-bond donors (Lipinski definition) is 2. The highest BCUT2D eigenvalue weighted by molar-refractivity contribution is 9.10. The molecular weight excluding hydrogens is 246 g/mol. The van der Waals surface area contributed by atoms with Crippen LogP contribution in [0.3, 0.4) is 0 Å². The van der Waals surface area contributed by atoms with Crippen molar-refractivity contribution in [3.05, 3.63) is 27.7 Å². The zero-order chi connectivity index (χ0) is 10.3. The van der Waals surface area contributed by atoms with Gasteiger partial charge < -0.3 is 10.4 Å². The van der Waals surface area contributed by atoms with Crippen molar-refractivity contribution < 1.29 is 9.90 Å². The van der Waals surface area contributed by atoms with Crippen molar-refractivity contribution in [1.82, 2.24) is 0 Å². The van der Waals surface area contributed by atoms with E-state index in [4.69, 9.17) is 0 Å². The summed E-state index contributed by atoms with van der Waals surface area (Å²) in [6.45, 7) is 2.01. The fraction of sp³-hybridized carbons (Fsp3) is 0.300. The van der Waals surface area contributed by atoms with Gasteiger partial charge in [0.15, 0.2) is 6.10 Å². The van der Waals surface area contributed by atoms with Gasteiger partial charge in [-0.15, -0.1) is 0 Å². The number of aryl methyl sites for hydroxylation is 1. The van der Waals surface area contributed by atoms with Crippen LogP contribution in [0.5, 0.6) is 0 Å². The average molecular weight is 256 g/mol. The van der Waals surface area contributed by atoms with Crippen molar-refractivity contribution in [2.75, 3.05) is 5.32 Å². The first-order chi connectivity index (χ1) is 6.63. The Hall–Kier alpha value is -0.870. The zero-order valence-corrected chi connectivity index (χ0v) is 9.26. The number of carbonyl (C=O) groups excluding carboxylic acids is 1. The monoisotopic (exact) mass is 255 g/mol. The Morgan fingerprint density at radius 2 is 2.29 bits per heavy atom. The molecule has 0 aliphatic carbocycles. The second kappa shape index (κ2) is 3.37. The Morgan fingerprint density at radius 3 is 2.93 bits per heavy atom. The minimum atomic E-state index is -1.02. The third-order valence-electron chi connectivity index (χ3n) is 2.39. The second-order valence-corrected chi connectivity index (χ2v) is 4.19. The van der Waals surface area contributed by atoms with Crippen LogP contribution in [0.4, 0.5) is 5.69 Å². The summed E-state index contributed by atoms with van der Waals surface area (Å²) in [4.78, 5) is 11.2. The molecular formula is C10H10BrNO2. The van der Waals surface area contributed by atoms with Gasteiger partial charge in [-0.05, 0) is 24.1 Å².